The maximum absolute atomic E-state index is 13.8. The van der Waals surface area contributed by atoms with E-state index in [0.29, 0.717) is 34.9 Å². The van der Waals surface area contributed by atoms with Crippen LogP contribution in [0.15, 0.2) is 71.5 Å². The van der Waals surface area contributed by atoms with Crippen molar-refractivity contribution in [3.05, 3.63) is 89.6 Å². The molecule has 0 radical (unpaired) electrons. The zero-order chi connectivity index (χ0) is 24.1. The number of nitrogens with zero attached hydrogens (tertiary/aromatic N) is 3. The molecule has 0 spiro atoms. The van der Waals surface area contributed by atoms with Gasteiger partial charge in [-0.15, -0.1) is 0 Å². The van der Waals surface area contributed by atoms with Crippen LogP contribution in [0.4, 0.5) is 10.2 Å². The van der Waals surface area contributed by atoms with Crippen molar-refractivity contribution in [2.45, 2.75) is 19.8 Å². The summed E-state index contributed by atoms with van der Waals surface area (Å²) < 4.78 is 41.3. The summed E-state index contributed by atoms with van der Waals surface area (Å²) in [6.45, 7) is -0.447. The molecular weight excluding hydrogens is 466 g/mol. The maximum Gasteiger partial charge on any atom is 0.285 e. The van der Waals surface area contributed by atoms with Crippen LogP contribution in [-0.2, 0) is 28.8 Å². The number of anilines is 1. The molecule has 0 saturated carbocycles. The fourth-order valence-corrected chi connectivity index (χ4v) is 3.43. The third kappa shape index (κ3) is 6.03. The van der Waals surface area contributed by atoms with Gasteiger partial charge in [-0.3, -0.25) is 14.8 Å². The van der Waals surface area contributed by atoms with E-state index in [1.165, 1.54) is 16.8 Å². The predicted molar refractivity (Wildman–Crippen MR) is 115 cm³/mol. The summed E-state index contributed by atoms with van der Waals surface area (Å²) in [5.74, 6) is 0.519. The Morgan fingerprint density at radius 3 is 2.82 bits per heavy atom. The first-order valence-electron chi connectivity index (χ1n) is 10.0. The van der Waals surface area contributed by atoms with E-state index in [2.05, 4.69) is 14.7 Å². The molecule has 12 heteroatoms. The Balaban J connectivity index is 1.45. The topological polar surface area (TPSA) is 148 Å². The van der Waals surface area contributed by atoms with Gasteiger partial charge in [-0.2, -0.15) is 0 Å². The quantitative estimate of drug-likeness (QED) is 0.269. The maximum atomic E-state index is 13.8. The number of halogens is 1. The van der Waals surface area contributed by atoms with E-state index in [1.54, 1.807) is 54.7 Å². The lowest BCUT2D eigenvalue weighted by atomic mass is 10.1. The minimum Gasteiger partial charge on any atom is -0.756 e. The molecule has 176 valence electrons. The molecule has 0 aliphatic rings. The van der Waals surface area contributed by atoms with Crippen molar-refractivity contribution in [2.24, 2.45) is 0 Å². The first-order chi connectivity index (χ1) is 16.3. The summed E-state index contributed by atoms with van der Waals surface area (Å²) in [5.41, 5.74) is 8.43. The van der Waals surface area contributed by atoms with Crippen LogP contribution in [0.1, 0.15) is 16.8 Å². The van der Waals surface area contributed by atoms with Gasteiger partial charge in [0.05, 0.1) is 11.9 Å². The van der Waals surface area contributed by atoms with E-state index in [4.69, 9.17) is 19.9 Å². The highest BCUT2D eigenvalue weighted by molar-refractivity contribution is 7.44. The third-order valence-corrected chi connectivity index (χ3v) is 5.26. The average molecular weight is 486 g/mol. The van der Waals surface area contributed by atoms with E-state index in [-0.39, 0.29) is 18.2 Å². The Morgan fingerprint density at radius 1 is 1.21 bits per heavy atom. The van der Waals surface area contributed by atoms with Crippen LogP contribution in [0.25, 0.3) is 11.3 Å². The number of pyridine rings is 2. The van der Waals surface area contributed by atoms with Crippen LogP contribution in [0.5, 0.6) is 5.88 Å². The monoisotopic (exact) mass is 486 g/mol. The normalized spacial score (nSPS) is 12.9. The molecule has 3 heterocycles. The summed E-state index contributed by atoms with van der Waals surface area (Å²) in [7, 11) is -4.90. The van der Waals surface area contributed by atoms with E-state index in [0.717, 1.165) is 5.56 Å². The van der Waals surface area contributed by atoms with Crippen molar-refractivity contribution in [1.82, 2.24) is 10.1 Å². The van der Waals surface area contributed by atoms with Gasteiger partial charge < -0.3 is 19.0 Å². The number of phosphoric acid groups is 1. The SMILES string of the molecule is Nc1c(-c2cc(Cc3ccnc(OCc4ccccc4F)c3)no2)ccc[n+]1COP(=O)([O-])O. The van der Waals surface area contributed by atoms with E-state index in [9.17, 15) is 13.8 Å². The van der Waals surface area contributed by atoms with Gasteiger partial charge in [-0.05, 0) is 29.8 Å². The van der Waals surface area contributed by atoms with Crippen molar-refractivity contribution < 1.29 is 37.1 Å². The zero-order valence-electron chi connectivity index (χ0n) is 17.7. The lowest BCUT2D eigenvalue weighted by molar-refractivity contribution is -0.712. The molecule has 1 aromatic carbocycles. The highest BCUT2D eigenvalue weighted by Gasteiger charge is 2.18. The molecule has 1 unspecified atom stereocenters. The first-order valence-corrected chi connectivity index (χ1v) is 11.5. The number of benzene rings is 1. The Morgan fingerprint density at radius 2 is 2.03 bits per heavy atom. The number of nitrogen functional groups attached to an aromatic ring is 1. The van der Waals surface area contributed by atoms with Gasteiger partial charge >= 0.3 is 0 Å². The number of phosphoric ester groups is 1. The van der Waals surface area contributed by atoms with Crippen molar-refractivity contribution in [3.8, 4) is 17.2 Å². The summed E-state index contributed by atoms with van der Waals surface area (Å²) in [5, 5.41) is 4.06. The second-order valence-electron chi connectivity index (χ2n) is 7.25. The van der Waals surface area contributed by atoms with Gasteiger partial charge in [-0.1, -0.05) is 23.4 Å². The van der Waals surface area contributed by atoms with Gasteiger partial charge in [-0.25, -0.2) is 13.9 Å². The molecule has 4 aromatic rings. The fraction of sp³-hybridized carbons (Fsp3) is 0.136. The van der Waals surface area contributed by atoms with Gasteiger partial charge in [0.1, 0.15) is 18.0 Å². The van der Waals surface area contributed by atoms with E-state index in [1.807, 2.05) is 0 Å². The second-order valence-corrected chi connectivity index (χ2v) is 8.44. The summed E-state index contributed by atoms with van der Waals surface area (Å²) in [6, 6.07) is 14.9. The number of aromatic nitrogens is 3. The molecule has 34 heavy (non-hydrogen) atoms. The Hall–Kier alpha value is -3.63. The molecule has 0 bridgehead atoms. The Kier molecular flexibility index (Phi) is 6.99. The minimum absolute atomic E-state index is 0.0479. The smallest absolute Gasteiger partial charge is 0.285 e. The van der Waals surface area contributed by atoms with E-state index >= 15 is 0 Å². The molecule has 0 aliphatic carbocycles. The summed E-state index contributed by atoms with van der Waals surface area (Å²) in [6.07, 6.45) is 3.48. The predicted octanol–water partition coefficient (Wildman–Crippen LogP) is 2.35. The summed E-state index contributed by atoms with van der Waals surface area (Å²) >= 11 is 0. The standard InChI is InChI=1S/C22H20FN4O6P/c23-19-6-2-1-4-16(19)13-31-21-11-15(7-8-25-21)10-17-12-20(33-26-17)18-5-3-9-27(22(18)24)14-32-34(28,29)30/h1-9,11-12,24H,10,13-14H2,(H2,28,29,30). The minimum atomic E-state index is -4.90. The zero-order valence-corrected chi connectivity index (χ0v) is 18.6. The highest BCUT2D eigenvalue weighted by Crippen LogP contribution is 2.30. The molecule has 3 N–H and O–H groups in total. The molecular formula is C22H20FN4O6P. The number of rotatable bonds is 9. The molecule has 0 saturated heterocycles. The van der Waals surface area contributed by atoms with Crippen LogP contribution in [0.2, 0.25) is 0 Å². The fourth-order valence-electron chi connectivity index (χ4n) is 3.16. The van der Waals surface area contributed by atoms with Crippen LogP contribution in [0.3, 0.4) is 0 Å². The number of hydrogen-bond acceptors (Lipinski definition) is 8. The van der Waals surface area contributed by atoms with Gasteiger partial charge in [0.2, 0.25) is 5.88 Å². The third-order valence-electron chi connectivity index (χ3n) is 4.82. The molecule has 0 aliphatic heterocycles. The van der Waals surface area contributed by atoms with Crippen molar-refractivity contribution in [2.75, 3.05) is 5.73 Å². The van der Waals surface area contributed by atoms with Crippen molar-refractivity contribution in [1.29, 1.82) is 0 Å². The molecule has 0 fully saturated rings. The van der Waals surface area contributed by atoms with E-state index < -0.39 is 14.6 Å². The van der Waals surface area contributed by atoms with Crippen LogP contribution in [-0.4, -0.2) is 15.0 Å². The lowest BCUT2D eigenvalue weighted by Gasteiger charge is -2.14. The molecule has 0 amide bonds. The van der Waals surface area contributed by atoms with Gasteiger partial charge in [0.15, 0.2) is 12.5 Å². The summed E-state index contributed by atoms with van der Waals surface area (Å²) in [4.78, 5) is 23.8. The molecule has 10 nitrogen and oxygen atoms in total. The van der Waals surface area contributed by atoms with Crippen LogP contribution >= 0.6 is 7.82 Å². The van der Waals surface area contributed by atoms with Gasteiger partial charge in [0.25, 0.3) is 13.6 Å². The largest absolute Gasteiger partial charge is 0.756 e. The number of nitrogens with two attached hydrogens (primary N) is 1. The average Bonchev–Trinajstić information content (AvgIpc) is 3.25. The number of hydrogen-bond donors (Lipinski definition) is 2. The first kappa shape index (κ1) is 23.5. The highest BCUT2D eigenvalue weighted by atomic mass is 31.2. The van der Waals surface area contributed by atoms with Crippen LogP contribution < -0.4 is 19.9 Å². The van der Waals surface area contributed by atoms with Crippen LogP contribution in [0, 0.1) is 5.82 Å². The van der Waals surface area contributed by atoms with Gasteiger partial charge in [0, 0.05) is 30.3 Å². The van der Waals surface area contributed by atoms with Crippen molar-refractivity contribution in [3.63, 3.8) is 0 Å². The molecule has 1 atom stereocenters. The Labute approximate surface area is 193 Å². The molecule has 3 aromatic heterocycles. The Bertz CT molecular complexity index is 1340. The lowest BCUT2D eigenvalue weighted by Crippen LogP contribution is -2.38. The number of ether oxygens (including phenoxy) is 1. The molecule has 4 rings (SSSR count). The second kappa shape index (κ2) is 10.1. The van der Waals surface area contributed by atoms with Crippen molar-refractivity contribution >= 4 is 13.6 Å².